The van der Waals surface area contributed by atoms with Gasteiger partial charge in [-0.3, -0.25) is 0 Å². The van der Waals surface area contributed by atoms with Gasteiger partial charge in [0, 0.05) is 18.1 Å². The summed E-state index contributed by atoms with van der Waals surface area (Å²) in [5.74, 6) is 0. The van der Waals surface area contributed by atoms with Crippen molar-refractivity contribution in [2.45, 2.75) is 0 Å². The molecule has 3 aromatic rings. The van der Waals surface area contributed by atoms with E-state index in [1.54, 1.807) is 18.2 Å². The quantitative estimate of drug-likeness (QED) is 0.499. The molecule has 0 unspecified atom stereocenters. The van der Waals surface area contributed by atoms with E-state index in [1.165, 1.54) is 6.07 Å². The second-order valence-corrected chi connectivity index (χ2v) is 4.95. The molecule has 0 aliphatic rings. The van der Waals surface area contributed by atoms with Crippen LogP contribution in [0.3, 0.4) is 0 Å². The van der Waals surface area contributed by atoms with Crippen molar-refractivity contribution >= 4 is 29.2 Å². The van der Waals surface area contributed by atoms with Crippen LogP contribution in [0.25, 0.3) is 22.1 Å². The van der Waals surface area contributed by atoms with Crippen LogP contribution in [0.5, 0.6) is 0 Å². The largest absolute Gasteiger partial charge is 0.488 e. The van der Waals surface area contributed by atoms with Gasteiger partial charge in [-0.2, -0.15) is 0 Å². The minimum absolute atomic E-state index is 0.345. The lowest BCUT2D eigenvalue weighted by molar-refractivity contribution is 0.426. The molecule has 0 spiro atoms. The summed E-state index contributed by atoms with van der Waals surface area (Å²) >= 11 is 0. The zero-order valence-corrected chi connectivity index (χ0v) is 11.9. The summed E-state index contributed by atoms with van der Waals surface area (Å²) in [7, 11) is 0.260. The molecule has 5 nitrogen and oxygen atoms in total. The lowest BCUT2D eigenvalue weighted by Crippen LogP contribution is -2.29. The number of anilines is 1. The topological polar surface area (TPSA) is 82.7 Å². The molecule has 3 N–H and O–H groups in total. The highest BCUT2D eigenvalue weighted by Crippen LogP contribution is 2.22. The standard InChI is InChI=1S/C16H14BNO4/c1-18-13-5-2-10(3-6-13)14-9-11-8-12(17(20)21)4-7-15(11)22-16(14)19/h2-9,18,20-21H,1H3. The van der Waals surface area contributed by atoms with Gasteiger partial charge in [-0.05, 0) is 35.3 Å². The Morgan fingerprint density at radius 3 is 2.41 bits per heavy atom. The van der Waals surface area contributed by atoms with Gasteiger partial charge in [0.15, 0.2) is 0 Å². The number of nitrogens with one attached hydrogen (secondary N) is 1. The van der Waals surface area contributed by atoms with Crippen LogP contribution in [0.1, 0.15) is 0 Å². The van der Waals surface area contributed by atoms with Crippen LogP contribution >= 0.6 is 0 Å². The average molecular weight is 295 g/mol. The van der Waals surface area contributed by atoms with Crippen molar-refractivity contribution in [3.63, 3.8) is 0 Å². The van der Waals surface area contributed by atoms with E-state index in [1.807, 2.05) is 31.3 Å². The fourth-order valence-corrected chi connectivity index (χ4v) is 2.32. The van der Waals surface area contributed by atoms with E-state index in [2.05, 4.69) is 5.32 Å². The highest BCUT2D eigenvalue weighted by atomic mass is 16.4. The third kappa shape index (κ3) is 2.62. The van der Waals surface area contributed by atoms with Crippen molar-refractivity contribution in [2.24, 2.45) is 0 Å². The second-order valence-electron chi connectivity index (χ2n) is 4.95. The molecule has 1 aromatic heterocycles. The zero-order valence-electron chi connectivity index (χ0n) is 11.9. The second kappa shape index (κ2) is 5.67. The van der Waals surface area contributed by atoms with E-state index in [4.69, 9.17) is 4.42 Å². The van der Waals surface area contributed by atoms with Crippen molar-refractivity contribution < 1.29 is 14.5 Å². The lowest BCUT2D eigenvalue weighted by Gasteiger charge is -2.06. The lowest BCUT2D eigenvalue weighted by atomic mass is 9.80. The first-order valence-corrected chi connectivity index (χ1v) is 6.80. The number of rotatable bonds is 3. The molecule has 22 heavy (non-hydrogen) atoms. The summed E-state index contributed by atoms with van der Waals surface area (Å²) in [6, 6.07) is 13.7. The van der Waals surface area contributed by atoms with Crippen molar-refractivity contribution in [3.05, 3.63) is 59.0 Å². The van der Waals surface area contributed by atoms with Gasteiger partial charge >= 0.3 is 12.7 Å². The highest BCUT2D eigenvalue weighted by molar-refractivity contribution is 6.58. The van der Waals surface area contributed by atoms with Crippen LogP contribution < -0.4 is 16.4 Å². The van der Waals surface area contributed by atoms with Crippen molar-refractivity contribution in [2.75, 3.05) is 12.4 Å². The van der Waals surface area contributed by atoms with Gasteiger partial charge in [0.05, 0.1) is 5.56 Å². The molecule has 0 saturated carbocycles. The normalized spacial score (nSPS) is 10.7. The molecule has 0 radical (unpaired) electrons. The Labute approximate surface area is 127 Å². The molecule has 0 amide bonds. The van der Waals surface area contributed by atoms with E-state index >= 15 is 0 Å². The third-order valence-electron chi connectivity index (χ3n) is 3.54. The van der Waals surface area contributed by atoms with Crippen LogP contribution in [-0.2, 0) is 0 Å². The summed E-state index contributed by atoms with van der Waals surface area (Å²) in [6.07, 6.45) is 0. The van der Waals surface area contributed by atoms with Gasteiger partial charge in [0.2, 0.25) is 0 Å². The van der Waals surface area contributed by atoms with Crippen LogP contribution in [0, 0.1) is 0 Å². The first-order chi connectivity index (χ1) is 10.6. The van der Waals surface area contributed by atoms with Crippen molar-refractivity contribution in [1.29, 1.82) is 0 Å². The molecule has 0 atom stereocenters. The van der Waals surface area contributed by atoms with Crippen LogP contribution in [0.15, 0.2) is 57.7 Å². The highest BCUT2D eigenvalue weighted by Gasteiger charge is 2.13. The molecule has 1 heterocycles. The maximum atomic E-state index is 12.1. The fraction of sp³-hybridized carbons (Fsp3) is 0.0625. The molecule has 6 heteroatoms. The molecule has 110 valence electrons. The predicted octanol–water partition coefficient (Wildman–Crippen LogP) is 1.18. The first kappa shape index (κ1) is 14.4. The Bertz CT molecular complexity index is 871. The van der Waals surface area contributed by atoms with E-state index in [-0.39, 0.29) is 0 Å². The summed E-state index contributed by atoms with van der Waals surface area (Å²) < 4.78 is 5.30. The summed E-state index contributed by atoms with van der Waals surface area (Å²) in [6.45, 7) is 0. The molecule has 0 fully saturated rings. The van der Waals surface area contributed by atoms with Gasteiger partial charge in [-0.1, -0.05) is 24.3 Å². The molecular weight excluding hydrogens is 281 g/mol. The van der Waals surface area contributed by atoms with E-state index < -0.39 is 12.7 Å². The smallest absolute Gasteiger partial charge is 0.423 e. The average Bonchev–Trinajstić information content (AvgIpc) is 2.54. The summed E-state index contributed by atoms with van der Waals surface area (Å²) in [4.78, 5) is 12.1. The minimum Gasteiger partial charge on any atom is -0.423 e. The number of hydrogen-bond donors (Lipinski definition) is 3. The van der Waals surface area contributed by atoms with E-state index in [9.17, 15) is 14.8 Å². The Morgan fingerprint density at radius 1 is 1.05 bits per heavy atom. The Hall–Kier alpha value is -2.57. The monoisotopic (exact) mass is 295 g/mol. The summed E-state index contributed by atoms with van der Waals surface area (Å²) in [5, 5.41) is 22.1. The number of benzene rings is 2. The molecule has 0 bridgehead atoms. The molecule has 0 aliphatic heterocycles. The first-order valence-electron chi connectivity index (χ1n) is 6.80. The summed E-state index contributed by atoms with van der Waals surface area (Å²) in [5.41, 5.74) is 2.44. The Morgan fingerprint density at radius 2 is 1.77 bits per heavy atom. The Kier molecular flexibility index (Phi) is 3.71. The molecule has 0 saturated heterocycles. The number of hydrogen-bond acceptors (Lipinski definition) is 5. The van der Waals surface area contributed by atoms with Gasteiger partial charge < -0.3 is 19.8 Å². The van der Waals surface area contributed by atoms with Gasteiger partial charge in [0.25, 0.3) is 0 Å². The van der Waals surface area contributed by atoms with Gasteiger partial charge in [-0.15, -0.1) is 0 Å². The molecule has 3 rings (SSSR count). The molecule has 2 aromatic carbocycles. The Balaban J connectivity index is 2.15. The maximum Gasteiger partial charge on any atom is 0.488 e. The predicted molar refractivity (Wildman–Crippen MR) is 87.3 cm³/mol. The van der Waals surface area contributed by atoms with Crippen LogP contribution in [0.4, 0.5) is 5.69 Å². The third-order valence-corrected chi connectivity index (χ3v) is 3.54. The SMILES string of the molecule is CNc1ccc(-c2cc3cc(B(O)O)ccc3oc2=O)cc1. The van der Waals surface area contributed by atoms with Crippen LogP contribution in [0.2, 0.25) is 0 Å². The van der Waals surface area contributed by atoms with Gasteiger partial charge in [0.1, 0.15) is 5.58 Å². The van der Waals surface area contributed by atoms with Crippen LogP contribution in [-0.4, -0.2) is 24.2 Å². The fourth-order valence-electron chi connectivity index (χ4n) is 2.32. The minimum atomic E-state index is -1.56. The van der Waals surface area contributed by atoms with Gasteiger partial charge in [-0.25, -0.2) is 4.79 Å². The van der Waals surface area contributed by atoms with Crippen molar-refractivity contribution in [1.82, 2.24) is 0 Å². The van der Waals surface area contributed by atoms with E-state index in [0.717, 1.165) is 11.3 Å². The molecular formula is C16H14BNO4. The van der Waals surface area contributed by atoms with E-state index in [0.29, 0.717) is 22.0 Å². The zero-order chi connectivity index (χ0) is 15.7. The maximum absolute atomic E-state index is 12.1. The molecule has 0 aliphatic carbocycles. The van der Waals surface area contributed by atoms with Crippen molar-refractivity contribution in [3.8, 4) is 11.1 Å². The number of fused-ring (bicyclic) bond motifs is 1.